The van der Waals surface area contributed by atoms with Gasteiger partial charge in [0.2, 0.25) is 0 Å². The van der Waals surface area contributed by atoms with Gasteiger partial charge >= 0.3 is 0 Å². The van der Waals surface area contributed by atoms with Crippen LogP contribution in [0.5, 0.6) is 0 Å². The van der Waals surface area contributed by atoms with Crippen molar-refractivity contribution in [3.63, 3.8) is 0 Å². The molecule has 0 fully saturated rings. The molecule has 0 saturated heterocycles. The van der Waals surface area contributed by atoms with Crippen molar-refractivity contribution in [1.29, 1.82) is 0 Å². The average Bonchev–Trinajstić information content (AvgIpc) is 1.98. The fraction of sp³-hybridized carbons (Fsp3) is 1.00. The molecule has 0 bridgehead atoms. The molecule has 0 aromatic carbocycles. The van der Waals surface area contributed by atoms with E-state index >= 15 is 0 Å². The van der Waals surface area contributed by atoms with Gasteiger partial charge in [-0.3, -0.25) is 0 Å². The standard InChI is InChI=1S/C12H27NO2/c1-9(2)7-10(13)12(6,14)8-15-11(3,4)5/h9-10,14H,7-8,13H2,1-6H3. The first-order valence-corrected chi connectivity index (χ1v) is 5.66. The highest BCUT2D eigenvalue weighted by atomic mass is 16.5. The van der Waals surface area contributed by atoms with Gasteiger partial charge in [-0.1, -0.05) is 13.8 Å². The van der Waals surface area contributed by atoms with Crippen LogP contribution in [0.1, 0.15) is 48.0 Å². The Balaban J connectivity index is 4.16. The van der Waals surface area contributed by atoms with Crippen molar-refractivity contribution in [2.24, 2.45) is 11.7 Å². The lowest BCUT2D eigenvalue weighted by Gasteiger charge is -2.33. The Morgan fingerprint density at radius 1 is 1.20 bits per heavy atom. The van der Waals surface area contributed by atoms with Gasteiger partial charge in [-0.05, 0) is 40.0 Å². The molecular formula is C12H27NO2. The predicted octanol–water partition coefficient (Wildman–Crippen LogP) is 1.93. The third-order valence-electron chi connectivity index (χ3n) is 2.32. The maximum Gasteiger partial charge on any atom is 0.100 e. The van der Waals surface area contributed by atoms with Crippen molar-refractivity contribution in [3.05, 3.63) is 0 Å². The lowest BCUT2D eigenvalue weighted by molar-refractivity contribution is -0.102. The molecule has 92 valence electrons. The summed E-state index contributed by atoms with van der Waals surface area (Å²) in [5.41, 5.74) is 4.77. The minimum atomic E-state index is -0.947. The summed E-state index contributed by atoms with van der Waals surface area (Å²) in [6, 6.07) is -0.236. The van der Waals surface area contributed by atoms with Crippen LogP contribution in [0.3, 0.4) is 0 Å². The quantitative estimate of drug-likeness (QED) is 0.740. The highest BCUT2D eigenvalue weighted by molar-refractivity contribution is 4.86. The molecule has 0 aromatic rings. The molecule has 0 aliphatic heterocycles. The minimum Gasteiger partial charge on any atom is -0.386 e. The molecule has 0 aromatic heterocycles. The molecule has 0 heterocycles. The second-order valence-electron chi connectivity index (χ2n) is 5.99. The van der Waals surface area contributed by atoms with Crippen LogP contribution in [0.2, 0.25) is 0 Å². The van der Waals surface area contributed by atoms with E-state index in [1.807, 2.05) is 20.8 Å². The fourth-order valence-electron chi connectivity index (χ4n) is 1.23. The highest BCUT2D eigenvalue weighted by Gasteiger charge is 2.31. The molecule has 0 rings (SSSR count). The van der Waals surface area contributed by atoms with E-state index in [0.29, 0.717) is 5.92 Å². The summed E-state index contributed by atoms with van der Waals surface area (Å²) in [5.74, 6) is 0.487. The molecule has 0 radical (unpaired) electrons. The molecule has 0 saturated carbocycles. The Labute approximate surface area is 94.0 Å². The molecule has 0 spiro atoms. The van der Waals surface area contributed by atoms with Crippen molar-refractivity contribution in [2.45, 2.75) is 65.2 Å². The number of rotatable bonds is 5. The van der Waals surface area contributed by atoms with Crippen LogP contribution < -0.4 is 5.73 Å². The Morgan fingerprint density at radius 2 is 1.67 bits per heavy atom. The second kappa shape index (κ2) is 5.28. The van der Waals surface area contributed by atoms with E-state index in [1.54, 1.807) is 6.92 Å². The van der Waals surface area contributed by atoms with Crippen molar-refractivity contribution in [2.75, 3.05) is 6.61 Å². The van der Waals surface area contributed by atoms with Gasteiger partial charge in [0.1, 0.15) is 5.60 Å². The van der Waals surface area contributed by atoms with Crippen molar-refractivity contribution in [3.8, 4) is 0 Å². The lowest BCUT2D eigenvalue weighted by Crippen LogP contribution is -2.50. The molecule has 0 aliphatic carbocycles. The SMILES string of the molecule is CC(C)CC(N)C(C)(O)COC(C)(C)C. The molecule has 3 nitrogen and oxygen atoms in total. The maximum atomic E-state index is 10.1. The maximum absolute atomic E-state index is 10.1. The third kappa shape index (κ3) is 6.88. The molecular weight excluding hydrogens is 190 g/mol. The lowest BCUT2D eigenvalue weighted by atomic mass is 9.90. The van der Waals surface area contributed by atoms with Crippen LogP contribution in [-0.2, 0) is 4.74 Å². The molecule has 0 aliphatic rings. The Kier molecular flexibility index (Phi) is 5.24. The highest BCUT2D eigenvalue weighted by Crippen LogP contribution is 2.18. The Morgan fingerprint density at radius 3 is 2.00 bits per heavy atom. The van der Waals surface area contributed by atoms with Crippen molar-refractivity contribution in [1.82, 2.24) is 0 Å². The zero-order valence-corrected chi connectivity index (χ0v) is 11.0. The van der Waals surface area contributed by atoms with Crippen LogP contribution in [0.4, 0.5) is 0 Å². The largest absolute Gasteiger partial charge is 0.386 e. The Bertz CT molecular complexity index is 183. The first kappa shape index (κ1) is 14.9. The molecule has 15 heavy (non-hydrogen) atoms. The predicted molar refractivity (Wildman–Crippen MR) is 63.8 cm³/mol. The molecule has 3 heteroatoms. The van der Waals surface area contributed by atoms with Gasteiger partial charge < -0.3 is 15.6 Å². The smallest absolute Gasteiger partial charge is 0.100 e. The zero-order chi connectivity index (χ0) is 12.3. The molecule has 0 amide bonds. The second-order valence-corrected chi connectivity index (χ2v) is 5.99. The van der Waals surface area contributed by atoms with Crippen LogP contribution in [-0.4, -0.2) is 29.0 Å². The van der Waals surface area contributed by atoms with Gasteiger partial charge in [0, 0.05) is 6.04 Å². The summed E-state index contributed by atoms with van der Waals surface area (Å²) in [4.78, 5) is 0. The van der Waals surface area contributed by atoms with E-state index < -0.39 is 5.60 Å². The summed E-state index contributed by atoms with van der Waals surface area (Å²) in [6.07, 6.45) is 0.806. The number of ether oxygens (including phenoxy) is 1. The number of aliphatic hydroxyl groups is 1. The van der Waals surface area contributed by atoms with Gasteiger partial charge in [-0.15, -0.1) is 0 Å². The molecule has 2 atom stereocenters. The summed E-state index contributed by atoms with van der Waals surface area (Å²) in [7, 11) is 0. The first-order valence-electron chi connectivity index (χ1n) is 5.66. The Hall–Kier alpha value is -0.120. The number of hydrogen-bond donors (Lipinski definition) is 2. The van der Waals surface area contributed by atoms with Gasteiger partial charge in [-0.2, -0.15) is 0 Å². The van der Waals surface area contributed by atoms with Crippen molar-refractivity contribution < 1.29 is 9.84 Å². The zero-order valence-electron chi connectivity index (χ0n) is 11.0. The van der Waals surface area contributed by atoms with E-state index in [2.05, 4.69) is 13.8 Å². The van der Waals surface area contributed by atoms with E-state index in [9.17, 15) is 5.11 Å². The van der Waals surface area contributed by atoms with Crippen LogP contribution in [0.15, 0.2) is 0 Å². The van der Waals surface area contributed by atoms with Gasteiger partial charge in [-0.25, -0.2) is 0 Å². The van der Waals surface area contributed by atoms with Gasteiger partial charge in [0.05, 0.1) is 12.2 Å². The molecule has 2 unspecified atom stereocenters. The van der Waals surface area contributed by atoms with Gasteiger partial charge in [0.15, 0.2) is 0 Å². The van der Waals surface area contributed by atoms with Crippen LogP contribution >= 0.6 is 0 Å². The van der Waals surface area contributed by atoms with Gasteiger partial charge in [0.25, 0.3) is 0 Å². The van der Waals surface area contributed by atoms with Crippen LogP contribution in [0, 0.1) is 5.92 Å². The first-order chi connectivity index (χ1) is 6.54. The van der Waals surface area contributed by atoms with E-state index in [0.717, 1.165) is 6.42 Å². The fourth-order valence-corrected chi connectivity index (χ4v) is 1.23. The minimum absolute atomic E-state index is 0.235. The topological polar surface area (TPSA) is 55.5 Å². The summed E-state index contributed by atoms with van der Waals surface area (Å²) in [5, 5.41) is 10.1. The van der Waals surface area contributed by atoms with E-state index in [1.165, 1.54) is 0 Å². The normalized spacial score (nSPS) is 19.0. The van der Waals surface area contributed by atoms with Crippen molar-refractivity contribution >= 4 is 0 Å². The number of nitrogens with two attached hydrogens (primary N) is 1. The summed E-state index contributed by atoms with van der Waals surface area (Å²) in [6.45, 7) is 12.1. The van der Waals surface area contributed by atoms with E-state index in [-0.39, 0.29) is 18.2 Å². The van der Waals surface area contributed by atoms with E-state index in [4.69, 9.17) is 10.5 Å². The average molecular weight is 217 g/mol. The summed E-state index contributed by atoms with van der Waals surface area (Å²) < 4.78 is 5.57. The third-order valence-corrected chi connectivity index (χ3v) is 2.32. The molecule has 3 N–H and O–H groups in total. The number of hydrogen-bond acceptors (Lipinski definition) is 3. The summed E-state index contributed by atoms with van der Waals surface area (Å²) >= 11 is 0. The van der Waals surface area contributed by atoms with Crippen LogP contribution in [0.25, 0.3) is 0 Å². The monoisotopic (exact) mass is 217 g/mol.